The van der Waals surface area contributed by atoms with E-state index in [1.807, 2.05) is 37.3 Å². The lowest BCUT2D eigenvalue weighted by atomic mass is 10.1. The molecule has 5 heteroatoms. The number of hydrogen-bond acceptors (Lipinski definition) is 4. The van der Waals surface area contributed by atoms with Gasteiger partial charge in [0.05, 0.1) is 11.9 Å². The molecule has 0 aliphatic heterocycles. The van der Waals surface area contributed by atoms with Crippen LogP contribution in [0.2, 0.25) is 0 Å². The van der Waals surface area contributed by atoms with Crippen LogP contribution in [0.15, 0.2) is 54.6 Å². The van der Waals surface area contributed by atoms with Gasteiger partial charge in [-0.15, -0.1) is 11.8 Å². The minimum absolute atomic E-state index is 0.00946. The third kappa shape index (κ3) is 5.74. The van der Waals surface area contributed by atoms with E-state index in [0.29, 0.717) is 17.9 Å². The smallest absolute Gasteiger partial charge is 0.237 e. The molecule has 2 rings (SSSR count). The number of para-hydroxylation sites is 1. The second-order valence-corrected chi connectivity index (χ2v) is 6.75. The Bertz CT molecular complexity index is 671. The van der Waals surface area contributed by atoms with Gasteiger partial charge in [0.25, 0.3) is 0 Å². The number of benzene rings is 2. The van der Waals surface area contributed by atoms with Crippen molar-refractivity contribution in [2.75, 3.05) is 17.7 Å². The van der Waals surface area contributed by atoms with E-state index in [-0.39, 0.29) is 16.9 Å². The summed E-state index contributed by atoms with van der Waals surface area (Å²) in [5.74, 6) is 1.51. The molecule has 0 aliphatic carbocycles. The van der Waals surface area contributed by atoms with Crippen LogP contribution in [0, 0.1) is 0 Å². The molecule has 0 aliphatic rings. The highest BCUT2D eigenvalue weighted by molar-refractivity contribution is 8.00. The molecule has 0 heterocycles. The first-order valence-electron chi connectivity index (χ1n) is 7.77. The van der Waals surface area contributed by atoms with Gasteiger partial charge in [-0.05, 0) is 50.2 Å². The van der Waals surface area contributed by atoms with Gasteiger partial charge in [0.2, 0.25) is 5.91 Å². The van der Waals surface area contributed by atoms with Gasteiger partial charge in [-0.2, -0.15) is 0 Å². The van der Waals surface area contributed by atoms with Gasteiger partial charge in [-0.3, -0.25) is 9.59 Å². The van der Waals surface area contributed by atoms with Crippen LogP contribution in [0.4, 0.5) is 5.69 Å². The maximum Gasteiger partial charge on any atom is 0.237 e. The summed E-state index contributed by atoms with van der Waals surface area (Å²) < 4.78 is 5.61. The standard InChI is InChI=1S/C19H21NO3S/c1-14(21)16-8-10-17(11-9-16)20-19(22)15(2)24-13-12-23-18-6-4-3-5-7-18/h3-11,15H,12-13H2,1-2H3,(H,20,22). The summed E-state index contributed by atoms with van der Waals surface area (Å²) in [5, 5.41) is 2.67. The average molecular weight is 343 g/mol. The van der Waals surface area contributed by atoms with E-state index in [0.717, 1.165) is 11.5 Å². The van der Waals surface area contributed by atoms with Crippen LogP contribution >= 0.6 is 11.8 Å². The Hall–Kier alpha value is -2.27. The Balaban J connectivity index is 1.72. The number of carbonyl (C=O) groups is 2. The number of rotatable bonds is 8. The van der Waals surface area contributed by atoms with Crippen molar-refractivity contribution in [3.63, 3.8) is 0 Å². The summed E-state index contributed by atoms with van der Waals surface area (Å²) in [7, 11) is 0. The molecule has 1 atom stereocenters. The lowest BCUT2D eigenvalue weighted by Gasteiger charge is -2.12. The van der Waals surface area contributed by atoms with Gasteiger partial charge in [-0.25, -0.2) is 0 Å². The van der Waals surface area contributed by atoms with Crippen molar-refractivity contribution in [3.8, 4) is 5.75 Å². The van der Waals surface area contributed by atoms with Crippen LogP contribution in [-0.4, -0.2) is 29.3 Å². The van der Waals surface area contributed by atoms with E-state index in [2.05, 4.69) is 5.32 Å². The first-order chi connectivity index (χ1) is 11.6. The van der Waals surface area contributed by atoms with E-state index in [4.69, 9.17) is 4.74 Å². The predicted molar refractivity (Wildman–Crippen MR) is 98.9 cm³/mol. The highest BCUT2D eigenvalue weighted by Crippen LogP contribution is 2.16. The zero-order valence-corrected chi connectivity index (χ0v) is 14.6. The molecule has 0 radical (unpaired) electrons. The first-order valence-corrected chi connectivity index (χ1v) is 8.82. The van der Waals surface area contributed by atoms with E-state index in [1.54, 1.807) is 24.3 Å². The van der Waals surface area contributed by atoms with E-state index in [9.17, 15) is 9.59 Å². The largest absolute Gasteiger partial charge is 0.493 e. The van der Waals surface area contributed by atoms with Gasteiger partial charge in [0.15, 0.2) is 5.78 Å². The Morgan fingerprint density at radius 3 is 2.38 bits per heavy atom. The van der Waals surface area contributed by atoms with Gasteiger partial charge >= 0.3 is 0 Å². The van der Waals surface area contributed by atoms with Crippen molar-refractivity contribution < 1.29 is 14.3 Å². The number of ether oxygens (including phenoxy) is 1. The Morgan fingerprint density at radius 1 is 1.08 bits per heavy atom. The van der Waals surface area contributed by atoms with Crippen molar-refractivity contribution in [2.45, 2.75) is 19.1 Å². The molecule has 1 N–H and O–H groups in total. The maximum absolute atomic E-state index is 12.2. The predicted octanol–water partition coefficient (Wildman–Crippen LogP) is 4.03. The van der Waals surface area contributed by atoms with Crippen LogP contribution in [0.1, 0.15) is 24.2 Å². The topological polar surface area (TPSA) is 55.4 Å². The van der Waals surface area contributed by atoms with Crippen LogP contribution in [0.5, 0.6) is 5.75 Å². The number of amides is 1. The molecule has 0 saturated heterocycles. The molecular formula is C19H21NO3S. The van der Waals surface area contributed by atoms with Crippen molar-refractivity contribution in [1.29, 1.82) is 0 Å². The molecule has 0 aromatic heterocycles. The van der Waals surface area contributed by atoms with Crippen molar-refractivity contribution >= 4 is 29.1 Å². The van der Waals surface area contributed by atoms with Gasteiger partial charge < -0.3 is 10.1 Å². The molecule has 0 bridgehead atoms. The van der Waals surface area contributed by atoms with Crippen molar-refractivity contribution in [1.82, 2.24) is 0 Å². The molecule has 0 saturated carbocycles. The fourth-order valence-corrected chi connectivity index (χ4v) is 2.75. The Labute approximate surface area is 146 Å². The van der Waals surface area contributed by atoms with Crippen LogP contribution in [0.3, 0.4) is 0 Å². The van der Waals surface area contributed by atoms with Gasteiger partial charge in [0.1, 0.15) is 5.75 Å². The second kappa shape index (κ2) is 9.13. The van der Waals surface area contributed by atoms with Crippen LogP contribution in [0.25, 0.3) is 0 Å². The van der Waals surface area contributed by atoms with Gasteiger partial charge in [-0.1, -0.05) is 18.2 Å². The minimum atomic E-state index is -0.183. The zero-order valence-electron chi connectivity index (χ0n) is 13.8. The molecule has 24 heavy (non-hydrogen) atoms. The monoisotopic (exact) mass is 343 g/mol. The normalized spacial score (nSPS) is 11.6. The first kappa shape index (κ1) is 18.1. The number of nitrogens with one attached hydrogen (secondary N) is 1. The SMILES string of the molecule is CC(=O)c1ccc(NC(=O)C(C)SCCOc2ccccc2)cc1. The Kier molecular flexibility index (Phi) is 6.88. The number of thioether (sulfide) groups is 1. The van der Waals surface area contributed by atoms with E-state index in [1.165, 1.54) is 18.7 Å². The van der Waals surface area contributed by atoms with E-state index >= 15 is 0 Å². The molecule has 1 unspecified atom stereocenters. The molecule has 1 amide bonds. The third-order valence-corrected chi connectivity index (χ3v) is 4.51. The summed E-state index contributed by atoms with van der Waals surface area (Å²) in [6.45, 7) is 3.94. The second-order valence-electron chi connectivity index (χ2n) is 5.30. The van der Waals surface area contributed by atoms with E-state index < -0.39 is 0 Å². The fraction of sp³-hybridized carbons (Fsp3) is 0.263. The van der Waals surface area contributed by atoms with Crippen LogP contribution in [-0.2, 0) is 4.79 Å². The lowest BCUT2D eigenvalue weighted by Crippen LogP contribution is -2.23. The molecule has 0 fully saturated rings. The molecule has 0 spiro atoms. The number of carbonyl (C=O) groups excluding carboxylic acids is 2. The average Bonchev–Trinajstić information content (AvgIpc) is 2.60. The van der Waals surface area contributed by atoms with Crippen LogP contribution < -0.4 is 10.1 Å². The molecule has 4 nitrogen and oxygen atoms in total. The number of anilines is 1. The summed E-state index contributed by atoms with van der Waals surface area (Å²) in [6.07, 6.45) is 0. The maximum atomic E-state index is 12.2. The number of ketones is 1. The number of hydrogen-bond donors (Lipinski definition) is 1. The summed E-state index contributed by atoms with van der Waals surface area (Å²) in [6, 6.07) is 16.5. The third-order valence-electron chi connectivity index (χ3n) is 3.39. The van der Waals surface area contributed by atoms with Crippen molar-refractivity contribution in [2.24, 2.45) is 0 Å². The highest BCUT2D eigenvalue weighted by atomic mass is 32.2. The fourth-order valence-electron chi connectivity index (χ4n) is 2.01. The molecule has 126 valence electrons. The summed E-state index contributed by atoms with van der Waals surface area (Å²) in [4.78, 5) is 23.4. The van der Waals surface area contributed by atoms with Crippen molar-refractivity contribution in [3.05, 3.63) is 60.2 Å². The number of Topliss-reactive ketones (excluding diaryl/α,β-unsaturated/α-hetero) is 1. The van der Waals surface area contributed by atoms with Gasteiger partial charge in [0, 0.05) is 17.0 Å². The minimum Gasteiger partial charge on any atom is -0.493 e. The zero-order chi connectivity index (χ0) is 17.4. The quantitative estimate of drug-likeness (QED) is 0.581. The Morgan fingerprint density at radius 2 is 1.75 bits per heavy atom. The lowest BCUT2D eigenvalue weighted by molar-refractivity contribution is -0.115. The molecule has 2 aromatic carbocycles. The summed E-state index contributed by atoms with van der Waals surface area (Å²) in [5.41, 5.74) is 1.33. The highest BCUT2D eigenvalue weighted by Gasteiger charge is 2.13. The molecular weight excluding hydrogens is 322 g/mol. The molecule has 2 aromatic rings. The summed E-state index contributed by atoms with van der Waals surface area (Å²) >= 11 is 1.54.